The van der Waals surface area contributed by atoms with Crippen molar-refractivity contribution in [2.24, 2.45) is 4.99 Å². The molecule has 148 valence electrons. The maximum Gasteiger partial charge on any atom is 0.258 e. The highest BCUT2D eigenvalue weighted by atomic mass is 32.2. The van der Waals surface area contributed by atoms with Crippen molar-refractivity contribution in [3.05, 3.63) is 47.0 Å². The highest BCUT2D eigenvalue weighted by Gasteiger charge is 2.16. The predicted octanol–water partition coefficient (Wildman–Crippen LogP) is 4.49. The second-order valence-electron chi connectivity index (χ2n) is 5.93. The molecule has 1 heterocycles. The van der Waals surface area contributed by atoms with Gasteiger partial charge in [-0.2, -0.15) is 4.99 Å². The number of carbonyl (C=O) groups excluding carboxylic acids is 1. The number of ether oxygens (including phenoxy) is 2. The molecular weight excluding hydrogens is 399 g/mol. The minimum Gasteiger partial charge on any atom is -0.495 e. The number of amides is 1. The van der Waals surface area contributed by atoms with Gasteiger partial charge in [-0.25, -0.2) is 4.39 Å². The Morgan fingerprint density at radius 3 is 2.46 bits per heavy atom. The molecule has 0 bridgehead atoms. The number of methoxy groups -OCH3 is 2. The third kappa shape index (κ3) is 4.39. The number of benzene rings is 2. The van der Waals surface area contributed by atoms with Gasteiger partial charge in [0, 0.05) is 11.4 Å². The fourth-order valence-electron chi connectivity index (χ4n) is 2.79. The largest absolute Gasteiger partial charge is 0.495 e. The maximum atomic E-state index is 13.0. The summed E-state index contributed by atoms with van der Waals surface area (Å²) in [6.07, 6.45) is 0.887. The monoisotopic (exact) mass is 420 g/mol. The number of thiazole rings is 1. The number of fused-ring (bicyclic) bond motifs is 1. The number of hydrogen-bond donors (Lipinski definition) is 0. The minimum absolute atomic E-state index is 0.181. The van der Waals surface area contributed by atoms with Crippen LogP contribution in [0.25, 0.3) is 10.2 Å². The van der Waals surface area contributed by atoms with Gasteiger partial charge in [0.05, 0.1) is 20.0 Å². The van der Waals surface area contributed by atoms with Crippen LogP contribution in [0, 0.1) is 5.82 Å². The molecule has 0 N–H and O–H groups in total. The van der Waals surface area contributed by atoms with Crippen molar-refractivity contribution in [1.82, 2.24) is 4.57 Å². The van der Waals surface area contributed by atoms with Crippen LogP contribution in [0.4, 0.5) is 4.39 Å². The van der Waals surface area contributed by atoms with Gasteiger partial charge >= 0.3 is 0 Å². The quantitative estimate of drug-likeness (QED) is 0.529. The van der Waals surface area contributed by atoms with Gasteiger partial charge in [0.25, 0.3) is 5.91 Å². The lowest BCUT2D eigenvalue weighted by atomic mass is 10.3. The summed E-state index contributed by atoms with van der Waals surface area (Å²) >= 11 is 2.74. The molecule has 0 aliphatic carbocycles. The van der Waals surface area contributed by atoms with Crippen molar-refractivity contribution in [3.8, 4) is 11.5 Å². The van der Waals surface area contributed by atoms with E-state index in [4.69, 9.17) is 9.47 Å². The van der Waals surface area contributed by atoms with E-state index in [9.17, 15) is 9.18 Å². The summed E-state index contributed by atoms with van der Waals surface area (Å²) in [6.45, 7) is 2.78. The molecule has 28 heavy (non-hydrogen) atoms. The lowest BCUT2D eigenvalue weighted by molar-refractivity contribution is -0.115. The summed E-state index contributed by atoms with van der Waals surface area (Å²) in [4.78, 5) is 18.2. The van der Waals surface area contributed by atoms with Crippen LogP contribution in [-0.4, -0.2) is 30.4 Å². The third-order valence-electron chi connectivity index (χ3n) is 4.04. The molecule has 0 fully saturated rings. The van der Waals surface area contributed by atoms with E-state index in [1.807, 2.05) is 16.7 Å². The van der Waals surface area contributed by atoms with Gasteiger partial charge in [0.2, 0.25) is 0 Å². The number of carbonyl (C=O) groups is 1. The molecule has 0 radical (unpaired) electrons. The molecule has 0 aliphatic rings. The molecule has 2 aromatic carbocycles. The molecule has 0 atom stereocenters. The van der Waals surface area contributed by atoms with Crippen molar-refractivity contribution in [2.75, 3.05) is 20.0 Å². The first-order chi connectivity index (χ1) is 13.6. The Balaban J connectivity index is 1.97. The van der Waals surface area contributed by atoms with Gasteiger partial charge in [0.1, 0.15) is 27.5 Å². The molecule has 1 amide bonds. The Morgan fingerprint density at radius 1 is 1.14 bits per heavy atom. The molecule has 0 aliphatic heterocycles. The van der Waals surface area contributed by atoms with Crippen molar-refractivity contribution in [1.29, 1.82) is 0 Å². The third-order valence-corrected chi connectivity index (χ3v) is 6.13. The minimum atomic E-state index is -0.297. The maximum absolute atomic E-state index is 13.0. The van der Waals surface area contributed by atoms with E-state index >= 15 is 0 Å². The average Bonchev–Trinajstić information content (AvgIpc) is 3.05. The van der Waals surface area contributed by atoms with E-state index in [2.05, 4.69) is 11.9 Å². The van der Waals surface area contributed by atoms with Gasteiger partial charge in [-0.15, -0.1) is 11.8 Å². The zero-order valence-corrected chi connectivity index (χ0v) is 17.5. The van der Waals surface area contributed by atoms with E-state index in [1.54, 1.807) is 26.4 Å². The van der Waals surface area contributed by atoms with Gasteiger partial charge in [-0.05, 0) is 42.8 Å². The van der Waals surface area contributed by atoms with E-state index in [-0.39, 0.29) is 17.5 Å². The molecule has 3 aromatic rings. The molecule has 0 saturated heterocycles. The molecule has 0 spiro atoms. The number of thioether (sulfide) groups is 1. The molecule has 0 unspecified atom stereocenters. The molecule has 0 saturated carbocycles. The first-order valence-corrected chi connectivity index (χ1v) is 10.6. The number of hydrogen-bond acceptors (Lipinski definition) is 5. The number of nitrogens with zero attached hydrogens (tertiary/aromatic N) is 2. The van der Waals surface area contributed by atoms with Crippen LogP contribution in [-0.2, 0) is 11.3 Å². The van der Waals surface area contributed by atoms with Gasteiger partial charge in [-0.1, -0.05) is 18.3 Å². The highest BCUT2D eigenvalue weighted by Crippen LogP contribution is 2.35. The fraction of sp³-hybridized carbons (Fsp3) is 0.300. The summed E-state index contributed by atoms with van der Waals surface area (Å²) in [7, 11) is 3.24. The highest BCUT2D eigenvalue weighted by molar-refractivity contribution is 8.00. The second-order valence-corrected chi connectivity index (χ2v) is 7.96. The molecule has 3 rings (SSSR count). The average molecular weight is 421 g/mol. The van der Waals surface area contributed by atoms with E-state index < -0.39 is 0 Å². The predicted molar refractivity (Wildman–Crippen MR) is 111 cm³/mol. The van der Waals surface area contributed by atoms with Gasteiger partial charge in [0.15, 0.2) is 4.80 Å². The standard InChI is InChI=1S/C20H21FN2O3S2/c1-4-11-23-18-15(25-2)9-10-16(26-3)19(18)28-20(23)22-17(24)12-27-14-7-5-13(21)6-8-14/h5-10H,4,11-12H2,1-3H3. The molecule has 5 nitrogen and oxygen atoms in total. The molecular formula is C20H21FN2O3S2. The topological polar surface area (TPSA) is 52.8 Å². The normalized spacial score (nSPS) is 11.8. The van der Waals surface area contributed by atoms with Crippen molar-refractivity contribution >= 4 is 39.2 Å². The second kappa shape index (κ2) is 9.25. The number of rotatable bonds is 7. The zero-order valence-electron chi connectivity index (χ0n) is 15.9. The number of aromatic nitrogens is 1. The lowest BCUT2D eigenvalue weighted by Crippen LogP contribution is -2.17. The van der Waals surface area contributed by atoms with Crippen LogP contribution in [0.3, 0.4) is 0 Å². The Hall–Kier alpha value is -2.32. The van der Waals surface area contributed by atoms with Gasteiger partial charge in [-0.3, -0.25) is 4.79 Å². The van der Waals surface area contributed by atoms with Gasteiger partial charge < -0.3 is 14.0 Å². The van der Waals surface area contributed by atoms with Crippen LogP contribution in [0.1, 0.15) is 13.3 Å². The van der Waals surface area contributed by atoms with Crippen LogP contribution in [0.5, 0.6) is 11.5 Å². The molecule has 1 aromatic heterocycles. The van der Waals surface area contributed by atoms with E-state index in [1.165, 1.54) is 35.2 Å². The molecule has 8 heteroatoms. The van der Waals surface area contributed by atoms with Crippen LogP contribution in [0.2, 0.25) is 0 Å². The van der Waals surface area contributed by atoms with E-state index in [0.717, 1.165) is 33.0 Å². The first-order valence-electron chi connectivity index (χ1n) is 8.77. The smallest absolute Gasteiger partial charge is 0.258 e. The lowest BCUT2D eigenvalue weighted by Gasteiger charge is -2.09. The Bertz CT molecular complexity index is 1040. The summed E-state index contributed by atoms with van der Waals surface area (Å²) in [5.74, 6) is 1.08. The Kier molecular flexibility index (Phi) is 6.74. The van der Waals surface area contributed by atoms with Crippen LogP contribution in [0.15, 0.2) is 46.3 Å². The Labute approximate surface area is 170 Å². The summed E-state index contributed by atoms with van der Waals surface area (Å²) in [5, 5.41) is 0. The Morgan fingerprint density at radius 2 is 1.82 bits per heavy atom. The van der Waals surface area contributed by atoms with Crippen molar-refractivity contribution in [3.63, 3.8) is 0 Å². The zero-order chi connectivity index (χ0) is 20.1. The fourth-order valence-corrected chi connectivity index (χ4v) is 4.65. The summed E-state index contributed by atoms with van der Waals surface area (Å²) < 4.78 is 26.9. The SMILES string of the molecule is CCCn1c(=NC(=O)CSc2ccc(F)cc2)sc2c(OC)ccc(OC)c21. The van der Waals surface area contributed by atoms with E-state index in [0.29, 0.717) is 11.3 Å². The number of halogens is 1. The summed E-state index contributed by atoms with van der Waals surface area (Å²) in [6, 6.07) is 9.77. The summed E-state index contributed by atoms with van der Waals surface area (Å²) in [5.41, 5.74) is 0.881. The van der Waals surface area contributed by atoms with Crippen LogP contribution < -0.4 is 14.3 Å². The van der Waals surface area contributed by atoms with Crippen LogP contribution >= 0.6 is 23.1 Å². The van der Waals surface area contributed by atoms with Crippen molar-refractivity contribution in [2.45, 2.75) is 24.8 Å². The first kappa shape index (κ1) is 20.4. The number of aryl methyl sites for hydroxylation is 1. The van der Waals surface area contributed by atoms with Crippen molar-refractivity contribution < 1.29 is 18.7 Å².